The van der Waals surface area contributed by atoms with E-state index in [1.165, 1.54) is 6.07 Å². The Morgan fingerprint density at radius 3 is 2.53 bits per heavy atom. The highest BCUT2D eigenvalue weighted by Gasteiger charge is 2.34. The lowest BCUT2D eigenvalue weighted by Crippen LogP contribution is -2.20. The van der Waals surface area contributed by atoms with E-state index in [-0.39, 0.29) is 5.56 Å². The molecular formula is C12H11F4N. The maximum atomic E-state index is 13.0. The van der Waals surface area contributed by atoms with E-state index in [4.69, 9.17) is 6.42 Å². The molecule has 0 radical (unpaired) electrons. The van der Waals surface area contributed by atoms with E-state index < -0.39 is 23.6 Å². The number of rotatable bonds is 3. The van der Waals surface area contributed by atoms with Gasteiger partial charge in [0.1, 0.15) is 5.82 Å². The Labute approximate surface area is 96.8 Å². The molecule has 1 atom stereocenters. The molecule has 0 aromatic heterocycles. The molecule has 0 spiro atoms. The van der Waals surface area contributed by atoms with Gasteiger partial charge in [0, 0.05) is 0 Å². The van der Waals surface area contributed by atoms with E-state index in [0.29, 0.717) is 6.54 Å². The first-order valence-corrected chi connectivity index (χ1v) is 4.96. The van der Waals surface area contributed by atoms with Gasteiger partial charge in [-0.3, -0.25) is 0 Å². The average molecular weight is 245 g/mol. The molecule has 92 valence electrons. The van der Waals surface area contributed by atoms with Gasteiger partial charge in [0.2, 0.25) is 0 Å². The second kappa shape index (κ2) is 5.19. The van der Waals surface area contributed by atoms with E-state index in [1.807, 2.05) is 0 Å². The van der Waals surface area contributed by atoms with E-state index in [2.05, 4.69) is 11.2 Å². The van der Waals surface area contributed by atoms with Crippen molar-refractivity contribution in [1.82, 2.24) is 5.32 Å². The Bertz CT molecular complexity index is 431. The van der Waals surface area contributed by atoms with E-state index in [9.17, 15) is 17.6 Å². The molecule has 1 aromatic carbocycles. The summed E-state index contributed by atoms with van der Waals surface area (Å²) < 4.78 is 50.4. The Morgan fingerprint density at radius 2 is 2.06 bits per heavy atom. The number of halogens is 4. The minimum Gasteiger partial charge on any atom is -0.300 e. The van der Waals surface area contributed by atoms with Crippen LogP contribution in [0.25, 0.3) is 0 Å². The maximum absolute atomic E-state index is 13.0. The molecule has 0 amide bonds. The van der Waals surface area contributed by atoms with Gasteiger partial charge in [-0.05, 0) is 24.2 Å². The first-order chi connectivity index (χ1) is 7.90. The SMILES string of the molecule is C#CC(NCC)c1ccc(F)c(C(F)(F)F)c1. The van der Waals surface area contributed by atoms with Crippen LogP contribution in [-0.4, -0.2) is 6.54 Å². The smallest absolute Gasteiger partial charge is 0.300 e. The molecule has 0 aliphatic rings. The van der Waals surface area contributed by atoms with Gasteiger partial charge >= 0.3 is 6.18 Å². The van der Waals surface area contributed by atoms with Crippen LogP contribution in [0.15, 0.2) is 18.2 Å². The normalized spacial score (nSPS) is 13.2. The summed E-state index contributed by atoms with van der Waals surface area (Å²) in [6.07, 6.45) is 0.484. The molecule has 0 aliphatic carbocycles. The topological polar surface area (TPSA) is 12.0 Å². The molecule has 5 heteroatoms. The first-order valence-electron chi connectivity index (χ1n) is 4.96. The number of benzene rings is 1. The zero-order valence-electron chi connectivity index (χ0n) is 9.11. The lowest BCUT2D eigenvalue weighted by molar-refractivity contribution is -0.140. The van der Waals surface area contributed by atoms with Gasteiger partial charge in [-0.2, -0.15) is 13.2 Å². The van der Waals surface area contributed by atoms with E-state index >= 15 is 0 Å². The number of hydrogen-bond acceptors (Lipinski definition) is 1. The van der Waals surface area contributed by atoms with Crippen LogP contribution >= 0.6 is 0 Å². The first kappa shape index (κ1) is 13.5. The molecule has 0 heterocycles. The summed E-state index contributed by atoms with van der Waals surface area (Å²) in [6, 6.07) is 2.11. The minimum absolute atomic E-state index is 0.225. The highest BCUT2D eigenvalue weighted by molar-refractivity contribution is 5.32. The predicted molar refractivity (Wildman–Crippen MR) is 56.7 cm³/mol. The predicted octanol–water partition coefficient (Wildman–Crippen LogP) is 3.13. The van der Waals surface area contributed by atoms with Crippen molar-refractivity contribution in [3.05, 3.63) is 35.1 Å². The molecule has 1 N–H and O–H groups in total. The van der Waals surface area contributed by atoms with Crippen LogP contribution in [0.1, 0.15) is 24.1 Å². The lowest BCUT2D eigenvalue weighted by Gasteiger charge is -2.15. The van der Waals surface area contributed by atoms with Crippen LogP contribution in [0.2, 0.25) is 0 Å². The summed E-state index contributed by atoms with van der Waals surface area (Å²) in [5, 5.41) is 2.82. The molecule has 17 heavy (non-hydrogen) atoms. The number of hydrogen-bond donors (Lipinski definition) is 1. The van der Waals surface area contributed by atoms with Gasteiger partial charge < -0.3 is 5.32 Å². The summed E-state index contributed by atoms with van der Waals surface area (Å²) in [7, 11) is 0. The number of terminal acetylenes is 1. The summed E-state index contributed by atoms with van der Waals surface area (Å²) >= 11 is 0. The van der Waals surface area contributed by atoms with Crippen LogP contribution in [0.4, 0.5) is 17.6 Å². The summed E-state index contributed by atoms with van der Waals surface area (Å²) in [5.41, 5.74) is -1.07. The van der Waals surface area contributed by atoms with Gasteiger partial charge in [0.05, 0.1) is 11.6 Å². The van der Waals surface area contributed by atoms with Crippen LogP contribution in [0.3, 0.4) is 0 Å². The molecule has 0 saturated carbocycles. The third kappa shape index (κ3) is 3.21. The third-order valence-corrected chi connectivity index (χ3v) is 2.20. The van der Waals surface area contributed by atoms with Crippen molar-refractivity contribution in [2.24, 2.45) is 0 Å². The molecule has 0 bridgehead atoms. The number of nitrogens with one attached hydrogen (secondary N) is 1. The molecule has 0 aliphatic heterocycles. The van der Waals surface area contributed by atoms with Crippen LogP contribution in [-0.2, 0) is 6.18 Å². The second-order valence-electron chi connectivity index (χ2n) is 3.39. The second-order valence-corrected chi connectivity index (χ2v) is 3.39. The van der Waals surface area contributed by atoms with Crippen LogP contribution < -0.4 is 5.32 Å². The van der Waals surface area contributed by atoms with Crippen molar-refractivity contribution in [2.75, 3.05) is 6.54 Å². The molecule has 1 nitrogen and oxygen atoms in total. The Morgan fingerprint density at radius 1 is 1.41 bits per heavy atom. The highest BCUT2D eigenvalue weighted by Crippen LogP contribution is 2.32. The molecular weight excluding hydrogens is 234 g/mol. The van der Waals surface area contributed by atoms with Crippen molar-refractivity contribution in [1.29, 1.82) is 0 Å². The Balaban J connectivity index is 3.17. The largest absolute Gasteiger partial charge is 0.419 e. The van der Waals surface area contributed by atoms with Crippen molar-refractivity contribution in [2.45, 2.75) is 19.1 Å². The van der Waals surface area contributed by atoms with Crippen molar-refractivity contribution in [3.8, 4) is 12.3 Å². The monoisotopic (exact) mass is 245 g/mol. The lowest BCUT2D eigenvalue weighted by atomic mass is 10.0. The van der Waals surface area contributed by atoms with E-state index in [1.54, 1.807) is 6.92 Å². The van der Waals surface area contributed by atoms with Crippen molar-refractivity contribution < 1.29 is 17.6 Å². The van der Waals surface area contributed by atoms with Gasteiger partial charge in [-0.15, -0.1) is 6.42 Å². The standard InChI is InChI=1S/C12H11F4N/c1-3-11(17-4-2)8-5-6-10(13)9(7-8)12(14,15)16/h1,5-7,11,17H,4H2,2H3. The summed E-state index contributed by atoms with van der Waals surface area (Å²) in [6.45, 7) is 2.28. The Kier molecular flexibility index (Phi) is 4.13. The summed E-state index contributed by atoms with van der Waals surface area (Å²) in [5.74, 6) is 1.02. The van der Waals surface area contributed by atoms with Crippen molar-refractivity contribution in [3.63, 3.8) is 0 Å². The van der Waals surface area contributed by atoms with Gasteiger partial charge in [0.15, 0.2) is 0 Å². The minimum atomic E-state index is -4.72. The quantitative estimate of drug-likeness (QED) is 0.637. The fourth-order valence-corrected chi connectivity index (χ4v) is 1.42. The van der Waals surface area contributed by atoms with Gasteiger partial charge in [-0.1, -0.05) is 18.9 Å². The third-order valence-electron chi connectivity index (χ3n) is 2.20. The molecule has 1 aromatic rings. The Hall–Kier alpha value is -1.54. The fourth-order valence-electron chi connectivity index (χ4n) is 1.42. The number of alkyl halides is 3. The molecule has 1 unspecified atom stereocenters. The molecule has 0 fully saturated rings. The zero-order valence-corrected chi connectivity index (χ0v) is 9.11. The molecule has 0 saturated heterocycles. The zero-order chi connectivity index (χ0) is 13.1. The van der Waals surface area contributed by atoms with Crippen LogP contribution in [0.5, 0.6) is 0 Å². The van der Waals surface area contributed by atoms with Crippen molar-refractivity contribution >= 4 is 0 Å². The average Bonchev–Trinajstić information content (AvgIpc) is 2.25. The van der Waals surface area contributed by atoms with Gasteiger partial charge in [-0.25, -0.2) is 4.39 Å². The van der Waals surface area contributed by atoms with Gasteiger partial charge in [0.25, 0.3) is 0 Å². The summed E-state index contributed by atoms with van der Waals surface area (Å²) in [4.78, 5) is 0. The highest BCUT2D eigenvalue weighted by atomic mass is 19.4. The fraction of sp³-hybridized carbons (Fsp3) is 0.333. The maximum Gasteiger partial charge on any atom is 0.419 e. The molecule has 1 rings (SSSR count). The van der Waals surface area contributed by atoms with Crippen LogP contribution in [0, 0.1) is 18.2 Å². The van der Waals surface area contributed by atoms with E-state index in [0.717, 1.165) is 12.1 Å².